The lowest BCUT2D eigenvalue weighted by molar-refractivity contribution is 0.589. The maximum atomic E-state index is 13.9. The molecule has 1 aliphatic rings. The van der Waals surface area contributed by atoms with E-state index in [1.807, 2.05) is 19.2 Å². The molecule has 0 spiro atoms. The summed E-state index contributed by atoms with van der Waals surface area (Å²) in [5.41, 5.74) is 8.81. The molecule has 0 unspecified atom stereocenters. The number of nitrogen functional groups attached to an aromatic ring is 1. The largest absolute Gasteiger partial charge is 0.384 e. The van der Waals surface area contributed by atoms with Gasteiger partial charge < -0.3 is 5.73 Å². The molecule has 0 radical (unpaired) electrons. The van der Waals surface area contributed by atoms with Crippen molar-refractivity contribution in [3.63, 3.8) is 0 Å². The highest BCUT2D eigenvalue weighted by atomic mass is 19.1. The number of nitrogens with zero attached hydrogens (tertiary/aromatic N) is 2. The number of pyridine rings is 2. The van der Waals surface area contributed by atoms with Gasteiger partial charge in [0.05, 0.1) is 5.69 Å². The van der Waals surface area contributed by atoms with Crippen molar-refractivity contribution in [2.24, 2.45) is 0 Å². The zero-order valence-electron chi connectivity index (χ0n) is 10.2. The van der Waals surface area contributed by atoms with Gasteiger partial charge >= 0.3 is 0 Å². The normalized spacial score (nSPS) is 14.8. The predicted octanol–water partition coefficient (Wildman–Crippen LogP) is 3.05. The van der Waals surface area contributed by atoms with E-state index in [1.165, 1.54) is 0 Å². The lowest BCUT2D eigenvalue weighted by Gasteiger charge is -2.10. The Morgan fingerprint density at radius 3 is 2.72 bits per heavy atom. The fraction of sp³-hybridized carbons (Fsp3) is 0.286. The van der Waals surface area contributed by atoms with Gasteiger partial charge in [0.1, 0.15) is 5.82 Å². The third-order valence-corrected chi connectivity index (χ3v) is 3.18. The Morgan fingerprint density at radius 1 is 1.28 bits per heavy atom. The van der Waals surface area contributed by atoms with Crippen molar-refractivity contribution in [3.05, 3.63) is 41.6 Å². The summed E-state index contributed by atoms with van der Waals surface area (Å²) in [4.78, 5) is 8.14. The van der Waals surface area contributed by atoms with Gasteiger partial charge in [-0.2, -0.15) is 4.39 Å². The van der Waals surface area contributed by atoms with Crippen LogP contribution in [-0.4, -0.2) is 9.97 Å². The summed E-state index contributed by atoms with van der Waals surface area (Å²) in [5.74, 6) is 0.145. The molecule has 1 aliphatic carbocycles. The average Bonchev–Trinajstić information content (AvgIpc) is 3.13. The molecule has 2 aromatic rings. The third kappa shape index (κ3) is 1.94. The van der Waals surface area contributed by atoms with E-state index < -0.39 is 5.95 Å². The Morgan fingerprint density at radius 2 is 2.06 bits per heavy atom. The minimum Gasteiger partial charge on any atom is -0.384 e. The minimum absolute atomic E-state index is 0.199. The second-order valence-corrected chi connectivity index (χ2v) is 4.79. The molecule has 1 fully saturated rings. The summed E-state index contributed by atoms with van der Waals surface area (Å²) in [6.07, 6.45) is 4.10. The summed E-state index contributed by atoms with van der Waals surface area (Å²) in [6.45, 7) is 1.95. The summed E-state index contributed by atoms with van der Waals surface area (Å²) in [7, 11) is 0. The van der Waals surface area contributed by atoms with Crippen molar-refractivity contribution in [2.45, 2.75) is 25.7 Å². The van der Waals surface area contributed by atoms with E-state index >= 15 is 0 Å². The van der Waals surface area contributed by atoms with Crippen LogP contribution in [0.1, 0.15) is 30.0 Å². The molecule has 2 N–H and O–H groups in total. The van der Waals surface area contributed by atoms with Crippen molar-refractivity contribution in [1.29, 1.82) is 0 Å². The molecule has 1 saturated carbocycles. The van der Waals surface area contributed by atoms with E-state index in [-0.39, 0.29) is 5.82 Å². The zero-order valence-corrected chi connectivity index (χ0v) is 10.2. The Bertz CT molecular complexity index is 606. The first kappa shape index (κ1) is 11.1. The molecule has 92 valence electrons. The number of hydrogen-bond acceptors (Lipinski definition) is 3. The minimum atomic E-state index is -0.524. The Balaban J connectivity index is 2.17. The van der Waals surface area contributed by atoms with Crippen molar-refractivity contribution < 1.29 is 4.39 Å². The highest BCUT2D eigenvalue weighted by Gasteiger charge is 2.28. The van der Waals surface area contributed by atoms with Crippen LogP contribution in [0.2, 0.25) is 0 Å². The Labute approximate surface area is 105 Å². The van der Waals surface area contributed by atoms with Gasteiger partial charge in [0.15, 0.2) is 0 Å². The van der Waals surface area contributed by atoms with Crippen molar-refractivity contribution in [3.8, 4) is 11.1 Å². The molecule has 3 rings (SSSR count). The van der Waals surface area contributed by atoms with Gasteiger partial charge in [0.2, 0.25) is 5.95 Å². The highest BCUT2D eigenvalue weighted by molar-refractivity contribution is 5.68. The lowest BCUT2D eigenvalue weighted by Crippen LogP contribution is -1.99. The standard InChI is InChI=1S/C14H14FN3/c1-8-6-11(13(17-7-8)9-2-3-9)10-4-5-12(16)18-14(10)15/h4-7,9H,2-3H2,1H3,(H2,16,18). The van der Waals surface area contributed by atoms with Crippen LogP contribution in [0.25, 0.3) is 11.1 Å². The van der Waals surface area contributed by atoms with Crippen LogP contribution in [0.4, 0.5) is 10.2 Å². The maximum absolute atomic E-state index is 13.9. The number of halogens is 1. The second kappa shape index (κ2) is 4.05. The van der Waals surface area contributed by atoms with Crippen LogP contribution in [0.15, 0.2) is 24.4 Å². The van der Waals surface area contributed by atoms with E-state index in [0.717, 1.165) is 29.7 Å². The summed E-state index contributed by atoms with van der Waals surface area (Å²) in [6, 6.07) is 5.27. The van der Waals surface area contributed by atoms with Gasteiger partial charge in [-0.15, -0.1) is 0 Å². The van der Waals surface area contributed by atoms with Gasteiger partial charge in [0, 0.05) is 23.2 Å². The lowest BCUT2D eigenvalue weighted by atomic mass is 10.0. The summed E-state index contributed by atoms with van der Waals surface area (Å²) in [5, 5.41) is 0. The van der Waals surface area contributed by atoms with E-state index in [9.17, 15) is 4.39 Å². The van der Waals surface area contributed by atoms with E-state index in [4.69, 9.17) is 5.73 Å². The first-order valence-corrected chi connectivity index (χ1v) is 6.04. The molecule has 2 aromatic heterocycles. The molecular weight excluding hydrogens is 229 g/mol. The third-order valence-electron chi connectivity index (χ3n) is 3.18. The zero-order chi connectivity index (χ0) is 12.7. The monoisotopic (exact) mass is 243 g/mol. The van der Waals surface area contributed by atoms with Crippen molar-refractivity contribution >= 4 is 5.82 Å². The average molecular weight is 243 g/mol. The van der Waals surface area contributed by atoms with Crippen LogP contribution < -0.4 is 5.73 Å². The molecule has 0 atom stereocenters. The molecule has 18 heavy (non-hydrogen) atoms. The van der Waals surface area contributed by atoms with Crippen molar-refractivity contribution in [1.82, 2.24) is 9.97 Å². The van der Waals surface area contributed by atoms with E-state index in [1.54, 1.807) is 12.1 Å². The molecule has 0 bridgehead atoms. The number of nitrogens with two attached hydrogens (primary N) is 1. The molecule has 2 heterocycles. The van der Waals surface area contributed by atoms with Crippen LogP contribution >= 0.6 is 0 Å². The SMILES string of the molecule is Cc1cnc(C2CC2)c(-c2ccc(N)nc2F)c1. The van der Waals surface area contributed by atoms with Gasteiger partial charge in [-0.05, 0) is 43.5 Å². The molecule has 0 amide bonds. The number of aryl methyl sites for hydroxylation is 1. The molecular formula is C14H14FN3. The maximum Gasteiger partial charge on any atom is 0.222 e. The highest BCUT2D eigenvalue weighted by Crippen LogP contribution is 2.43. The summed E-state index contributed by atoms with van der Waals surface area (Å²) < 4.78 is 13.9. The molecule has 0 saturated heterocycles. The molecule has 0 aliphatic heterocycles. The fourth-order valence-corrected chi connectivity index (χ4v) is 2.13. The van der Waals surface area contributed by atoms with Crippen LogP contribution in [0.3, 0.4) is 0 Å². The van der Waals surface area contributed by atoms with Crippen LogP contribution in [0.5, 0.6) is 0 Å². The Hall–Kier alpha value is -1.97. The fourth-order valence-electron chi connectivity index (χ4n) is 2.13. The molecule has 4 heteroatoms. The van der Waals surface area contributed by atoms with Crippen LogP contribution in [-0.2, 0) is 0 Å². The molecule has 0 aromatic carbocycles. The number of rotatable bonds is 2. The second-order valence-electron chi connectivity index (χ2n) is 4.79. The summed E-state index contributed by atoms with van der Waals surface area (Å²) >= 11 is 0. The van der Waals surface area contributed by atoms with Gasteiger partial charge in [-0.25, -0.2) is 4.98 Å². The Kier molecular flexibility index (Phi) is 2.51. The smallest absolute Gasteiger partial charge is 0.222 e. The van der Waals surface area contributed by atoms with Gasteiger partial charge in [-0.1, -0.05) is 0 Å². The van der Waals surface area contributed by atoms with Gasteiger partial charge in [-0.3, -0.25) is 4.98 Å². The van der Waals surface area contributed by atoms with Crippen LogP contribution in [0, 0.1) is 12.9 Å². The first-order chi connectivity index (χ1) is 8.65. The molecule has 3 nitrogen and oxygen atoms in total. The van der Waals surface area contributed by atoms with Gasteiger partial charge in [0.25, 0.3) is 0 Å². The topological polar surface area (TPSA) is 51.8 Å². The first-order valence-electron chi connectivity index (χ1n) is 6.04. The van der Waals surface area contributed by atoms with E-state index in [2.05, 4.69) is 9.97 Å². The predicted molar refractivity (Wildman–Crippen MR) is 68.6 cm³/mol. The number of anilines is 1. The van der Waals surface area contributed by atoms with E-state index in [0.29, 0.717) is 11.5 Å². The number of hydrogen-bond donors (Lipinski definition) is 1. The number of aromatic nitrogens is 2. The quantitative estimate of drug-likeness (QED) is 0.825. The van der Waals surface area contributed by atoms with Crippen molar-refractivity contribution in [2.75, 3.05) is 5.73 Å².